The fraction of sp³-hybridized carbons (Fsp3) is 0.647. The van der Waals surface area contributed by atoms with Gasteiger partial charge in [-0.3, -0.25) is 4.90 Å². The van der Waals surface area contributed by atoms with Crippen LogP contribution >= 0.6 is 0 Å². The number of nitrogens with zero attached hydrogens (tertiary/aromatic N) is 7. The molecule has 2 aromatic carbocycles. The summed E-state index contributed by atoms with van der Waals surface area (Å²) in [5.41, 5.74) is 5.66. The van der Waals surface area contributed by atoms with E-state index in [1.54, 1.807) is 19.2 Å². The third-order valence-electron chi connectivity index (χ3n) is 15.7. The number of anilines is 1. The number of halogens is 3. The van der Waals surface area contributed by atoms with E-state index in [9.17, 15) is 9.18 Å². The first-order valence-electron chi connectivity index (χ1n) is 24.6. The van der Waals surface area contributed by atoms with Crippen molar-refractivity contribution in [2.75, 3.05) is 60.9 Å². The van der Waals surface area contributed by atoms with E-state index < -0.39 is 25.7 Å². The zero-order valence-electron chi connectivity index (χ0n) is 41.4. The smallest absolute Gasteiger partial charge is 0.206 e. The Kier molecular flexibility index (Phi) is 14.2. The van der Waals surface area contributed by atoms with Crippen LogP contribution in [-0.2, 0) is 9.47 Å². The minimum Gasteiger partial charge on any atom is -0.206 e. The fourth-order valence-electron chi connectivity index (χ4n) is 11.5. The number of rotatable bonds is 15. The van der Waals surface area contributed by atoms with Crippen molar-refractivity contribution in [1.29, 1.82) is 0 Å². The number of hydrogen-bond acceptors (Lipinski definition) is 11. The number of likely N-dealkylation sites (tertiary alicyclic amines) is 1. The molecule has 3 unspecified atom stereocenters. The first-order valence-corrected chi connectivity index (χ1v) is 29.9. The second-order valence-corrected chi connectivity index (χ2v) is 29.6. The predicted molar refractivity (Wildman–Crippen MR) is 259 cm³/mol. The van der Waals surface area contributed by atoms with E-state index in [-0.39, 0.29) is 82.4 Å². The van der Waals surface area contributed by atoms with Crippen LogP contribution in [0.25, 0.3) is 21.9 Å². The molecule has 370 valence electrons. The summed E-state index contributed by atoms with van der Waals surface area (Å²) in [5, 5.41) is 1.22. The minimum atomic E-state index is -2.27. The molecule has 13 nitrogen and oxygen atoms in total. The number of aromatic nitrogens is 4. The molecular weight excluding hydrogens is 1000 g/mol. The number of piperazine rings is 1. The number of carbonyl (C=O) groups excluding carboxylic acids is 1. The summed E-state index contributed by atoms with van der Waals surface area (Å²) in [7, 11) is 1.19. The van der Waals surface area contributed by atoms with Crippen LogP contribution in [-0.4, -0.2) is 129 Å². The first-order chi connectivity index (χ1) is 32.5. The van der Waals surface area contributed by atoms with Gasteiger partial charge in [0.15, 0.2) is 6.79 Å². The molecule has 9 rings (SSSR count). The van der Waals surface area contributed by atoms with Gasteiger partial charge in [-0.05, 0) is 66.9 Å². The molecule has 0 radical (unpaired) electrons. The number of amides is 1. The van der Waals surface area contributed by atoms with Gasteiger partial charge in [0.1, 0.15) is 38.2 Å². The molecule has 5 aliphatic rings. The van der Waals surface area contributed by atoms with Crippen molar-refractivity contribution >= 4 is 41.9 Å². The number of fused-ring (bicyclic) bond motifs is 4. The zero-order chi connectivity index (χ0) is 48.2. The van der Waals surface area contributed by atoms with Crippen LogP contribution in [0, 0.1) is 23.2 Å². The number of alkyl halides is 3. The molecule has 4 saturated heterocycles. The number of hydrogen-bond donors (Lipinski definition) is 0. The molecular formula is C51H69F2IN7O6Si-. The molecule has 4 aromatic rings. The quantitative estimate of drug-likeness (QED) is 0.0408. The second kappa shape index (κ2) is 19.7. The van der Waals surface area contributed by atoms with E-state index >= 15 is 4.39 Å². The van der Waals surface area contributed by atoms with E-state index in [0.29, 0.717) is 87.8 Å². The van der Waals surface area contributed by atoms with E-state index in [2.05, 4.69) is 76.3 Å². The molecule has 1 amide bonds. The summed E-state index contributed by atoms with van der Waals surface area (Å²) in [6.07, 6.45) is 3.70. The Morgan fingerprint density at radius 3 is 2.24 bits per heavy atom. The predicted octanol–water partition coefficient (Wildman–Crippen LogP) is 6.90. The van der Waals surface area contributed by atoms with Crippen molar-refractivity contribution in [1.82, 2.24) is 29.3 Å². The van der Waals surface area contributed by atoms with Crippen LogP contribution in [0.4, 0.5) is 19.4 Å². The maximum absolute atomic E-state index is 16.5. The van der Waals surface area contributed by atoms with Crippen LogP contribution in [0.3, 0.4) is 0 Å². The molecule has 0 spiro atoms. The molecule has 0 N–H and O–H groups in total. The Hall–Kier alpha value is -3.99. The van der Waals surface area contributed by atoms with Gasteiger partial charge in [-0.2, -0.15) is 9.97 Å². The van der Waals surface area contributed by atoms with Crippen LogP contribution in [0.1, 0.15) is 106 Å². The average Bonchev–Trinajstić information content (AvgIpc) is 3.85. The number of ether oxygens (including phenoxy) is 5. The Labute approximate surface area is 411 Å². The average molecular weight is 1070 g/mol. The van der Waals surface area contributed by atoms with E-state index in [4.69, 9.17) is 38.6 Å². The summed E-state index contributed by atoms with van der Waals surface area (Å²) < 4.78 is 66.5. The molecule has 1 aliphatic carbocycles. The molecule has 5 fully saturated rings. The molecule has 68 heavy (non-hydrogen) atoms. The molecule has 6 heterocycles. The Balaban J connectivity index is 1.16. The summed E-state index contributed by atoms with van der Waals surface area (Å²) in [6, 6.07) is 6.96. The minimum absolute atomic E-state index is 0.00139. The topological polar surface area (TPSA) is 117 Å². The van der Waals surface area contributed by atoms with Crippen LogP contribution in [0.5, 0.6) is 23.5 Å². The SMILES string of the molecule is COCOc1cc(Oc2nc3nc(OCC4C[C@H](F)CN4C)nc(N4CC5CCC(C4)N5C(=O)OC(C)(C)C4C[I-]C4)c3n2C2CCC2)c2c(C#C[Si](C(C)C)(C(C)C)C(C)C)c(F)ccc2c1. The number of methoxy groups -OCH3 is 1. The van der Waals surface area contributed by atoms with Gasteiger partial charge >= 0.3 is 157 Å². The molecule has 2 bridgehead atoms. The summed E-state index contributed by atoms with van der Waals surface area (Å²) >= 11 is 0.233. The maximum atomic E-state index is 16.5. The monoisotopic (exact) mass is 1070 g/mol. The number of likely N-dealkylation sites (N-methyl/N-ethyl adjacent to an activating group) is 1. The molecule has 2 aromatic heterocycles. The molecule has 17 heteroatoms. The van der Waals surface area contributed by atoms with Crippen molar-refractivity contribution in [3.05, 3.63) is 35.6 Å². The Morgan fingerprint density at radius 2 is 1.65 bits per heavy atom. The second-order valence-electron chi connectivity index (χ2n) is 21.2. The van der Waals surface area contributed by atoms with Crippen molar-refractivity contribution in [3.8, 4) is 35.0 Å². The van der Waals surface area contributed by atoms with Gasteiger partial charge < -0.3 is 18.9 Å². The Morgan fingerprint density at radius 1 is 0.941 bits per heavy atom. The Bertz CT molecular complexity index is 2540. The third-order valence-corrected chi connectivity index (χ3v) is 25.4. The van der Waals surface area contributed by atoms with E-state index in [0.717, 1.165) is 32.1 Å². The summed E-state index contributed by atoms with van der Waals surface area (Å²) in [6.45, 7) is 19.2. The number of carbonyl (C=O) groups is 1. The van der Waals surface area contributed by atoms with Crippen molar-refractivity contribution in [2.45, 2.75) is 146 Å². The fourth-order valence-corrected chi connectivity index (χ4v) is 20.1. The normalized spacial score (nSPS) is 22.7. The van der Waals surface area contributed by atoms with Crippen LogP contribution in [0.15, 0.2) is 24.3 Å². The third kappa shape index (κ3) is 9.24. The van der Waals surface area contributed by atoms with Gasteiger partial charge in [-0.25, -0.2) is 8.78 Å². The van der Waals surface area contributed by atoms with Gasteiger partial charge in [0.25, 0.3) is 0 Å². The van der Waals surface area contributed by atoms with Crippen molar-refractivity contribution in [2.24, 2.45) is 5.92 Å². The standard InChI is InChI=1S/C51H69F2IN7O6Si/c1-30(2)68(31(3)4,32(5)6)19-18-41-42(53)17-14-33-20-40(65-29-63-10)22-43(44(33)41)66-49-56-46-45(61(49)36-12-11-13-36)47(57-48(55-46)64-28-39-21-35(52)25-58(39)9)59-26-37-15-16-38(27-59)60(37)50(62)67-51(7,8)34-23-54-24-34/h14,17,20,22,30-32,34-39H,11-13,15-16,21,23-29H2,1-10H3/q-1/t35-,37?,38?,39?/m0/s1. The van der Waals surface area contributed by atoms with Gasteiger partial charge in [0.2, 0.25) is 0 Å². The summed E-state index contributed by atoms with van der Waals surface area (Å²) in [4.78, 5) is 35.4. The van der Waals surface area contributed by atoms with Crippen molar-refractivity contribution < 1.29 is 58.5 Å². The molecule has 4 atom stereocenters. The van der Waals surface area contributed by atoms with Gasteiger partial charge in [0, 0.05) is 37.2 Å². The number of imidazole rings is 1. The van der Waals surface area contributed by atoms with Gasteiger partial charge in [-0.1, -0.05) is 53.5 Å². The molecule has 4 aliphatic heterocycles. The molecule has 1 saturated carbocycles. The van der Waals surface area contributed by atoms with Crippen molar-refractivity contribution in [3.63, 3.8) is 0 Å². The van der Waals surface area contributed by atoms with E-state index in [1.165, 1.54) is 14.9 Å². The van der Waals surface area contributed by atoms with Gasteiger partial charge in [0.05, 0.1) is 5.56 Å². The summed E-state index contributed by atoms with van der Waals surface area (Å²) in [5.74, 6) is 4.88. The van der Waals surface area contributed by atoms with Gasteiger partial charge in [-0.15, -0.1) is 5.54 Å². The van der Waals surface area contributed by atoms with E-state index in [1.807, 2.05) is 22.9 Å². The zero-order valence-corrected chi connectivity index (χ0v) is 44.6. The first kappa shape index (κ1) is 49.0. The number of benzene rings is 2. The van der Waals surface area contributed by atoms with Crippen LogP contribution < -0.4 is 40.3 Å². The van der Waals surface area contributed by atoms with Crippen LogP contribution in [0.2, 0.25) is 16.6 Å².